The van der Waals surface area contributed by atoms with Crippen LogP contribution in [0.4, 0.5) is 23.4 Å². The predicted molar refractivity (Wildman–Crippen MR) is 98.1 cm³/mol. The lowest BCUT2D eigenvalue weighted by molar-refractivity contribution is -0.144. The van der Waals surface area contributed by atoms with Gasteiger partial charge >= 0.3 is 6.18 Å². The van der Waals surface area contributed by atoms with E-state index in [4.69, 9.17) is 0 Å². The quantitative estimate of drug-likeness (QED) is 0.446. The van der Waals surface area contributed by atoms with Crippen molar-refractivity contribution >= 4 is 44.3 Å². The molecule has 0 aliphatic rings. The van der Waals surface area contributed by atoms with Gasteiger partial charge in [-0.05, 0) is 28.1 Å². The lowest BCUT2D eigenvalue weighted by Gasteiger charge is -2.13. The molecule has 154 valence electrons. The van der Waals surface area contributed by atoms with Gasteiger partial charge in [-0.25, -0.2) is 19.3 Å². The maximum Gasteiger partial charge on any atom is 0.451 e. The molecule has 4 rings (SSSR count). The van der Waals surface area contributed by atoms with Crippen LogP contribution in [0, 0.1) is 5.82 Å². The van der Waals surface area contributed by atoms with Crippen LogP contribution < -0.4 is 10.9 Å². The van der Waals surface area contributed by atoms with Gasteiger partial charge in [0, 0.05) is 12.3 Å². The molecule has 0 aromatic carbocycles. The highest BCUT2D eigenvalue weighted by Crippen LogP contribution is 2.27. The zero-order chi connectivity index (χ0) is 21.6. The summed E-state index contributed by atoms with van der Waals surface area (Å²) in [5, 5.41) is 6.06. The van der Waals surface area contributed by atoms with Gasteiger partial charge in [-0.2, -0.15) is 22.8 Å². The molecular weight excluding hydrogens is 478 g/mol. The van der Waals surface area contributed by atoms with Crippen LogP contribution in [0.5, 0.6) is 0 Å². The number of halogens is 5. The van der Waals surface area contributed by atoms with E-state index >= 15 is 0 Å². The third kappa shape index (κ3) is 3.60. The lowest BCUT2D eigenvalue weighted by atomic mass is 10.3. The minimum atomic E-state index is -4.86. The van der Waals surface area contributed by atoms with Crippen LogP contribution in [-0.4, -0.2) is 35.0 Å². The van der Waals surface area contributed by atoms with Crippen molar-refractivity contribution in [3.63, 3.8) is 0 Å². The van der Waals surface area contributed by atoms with Gasteiger partial charge in [0.1, 0.15) is 33.8 Å². The zero-order valence-corrected chi connectivity index (χ0v) is 16.1. The van der Waals surface area contributed by atoms with Crippen molar-refractivity contribution in [1.29, 1.82) is 0 Å². The van der Waals surface area contributed by atoms with Gasteiger partial charge in [-0.3, -0.25) is 9.59 Å². The smallest absolute Gasteiger partial charge is 0.309 e. The number of amides is 1. The monoisotopic (exact) mass is 485 g/mol. The number of hydrogen-bond acceptors (Lipinski definition) is 6. The molecule has 30 heavy (non-hydrogen) atoms. The summed E-state index contributed by atoms with van der Waals surface area (Å²) in [6.45, 7) is -0.536. The lowest BCUT2D eigenvalue weighted by Crippen LogP contribution is -2.26. The van der Waals surface area contributed by atoms with Gasteiger partial charge in [0.25, 0.3) is 5.56 Å². The Labute approximate surface area is 171 Å². The average molecular weight is 486 g/mol. The van der Waals surface area contributed by atoms with Crippen LogP contribution in [-0.2, 0) is 17.5 Å². The van der Waals surface area contributed by atoms with E-state index in [2.05, 4.69) is 41.3 Å². The molecule has 4 heterocycles. The molecule has 4 aromatic rings. The Morgan fingerprint density at radius 1 is 1.20 bits per heavy atom. The van der Waals surface area contributed by atoms with Crippen LogP contribution in [0.1, 0.15) is 5.82 Å². The third-order valence-electron chi connectivity index (χ3n) is 3.93. The molecule has 0 aliphatic carbocycles. The van der Waals surface area contributed by atoms with Crippen molar-refractivity contribution in [3.8, 4) is 0 Å². The number of alkyl halides is 3. The summed E-state index contributed by atoms with van der Waals surface area (Å²) >= 11 is 3.09. The molecule has 1 N–H and O–H groups in total. The molecule has 0 fully saturated rings. The summed E-state index contributed by atoms with van der Waals surface area (Å²) < 4.78 is 54.5. The first kappa shape index (κ1) is 19.9. The van der Waals surface area contributed by atoms with E-state index in [1.165, 1.54) is 12.1 Å². The Hall–Kier alpha value is -3.42. The first-order chi connectivity index (χ1) is 14.1. The molecule has 0 bridgehead atoms. The number of carbonyl (C=O) groups excluding carboxylic acids is 1. The first-order valence-corrected chi connectivity index (χ1v) is 8.86. The molecule has 9 nitrogen and oxygen atoms in total. The van der Waals surface area contributed by atoms with Gasteiger partial charge in [0.2, 0.25) is 11.7 Å². The van der Waals surface area contributed by atoms with E-state index in [-0.39, 0.29) is 21.5 Å². The molecule has 0 atom stereocenters. The Morgan fingerprint density at radius 2 is 1.97 bits per heavy atom. The molecule has 0 unspecified atom stereocenters. The first-order valence-electron chi connectivity index (χ1n) is 8.07. The van der Waals surface area contributed by atoms with Crippen LogP contribution in [0.15, 0.2) is 40.0 Å². The van der Waals surface area contributed by atoms with Crippen molar-refractivity contribution in [2.75, 3.05) is 5.32 Å². The number of carbonyl (C=O) groups is 1. The Balaban J connectivity index is 1.86. The SMILES string of the molecule is O=C(Cn1c2nc(C(F)(F)F)ncc2c(=O)n2nc(Br)cc12)Nc1ccc(F)cn1. The molecule has 0 saturated carbocycles. The van der Waals surface area contributed by atoms with Crippen molar-refractivity contribution in [3.05, 3.63) is 57.2 Å². The number of fused-ring (bicyclic) bond motifs is 2. The highest BCUT2D eigenvalue weighted by Gasteiger charge is 2.35. The van der Waals surface area contributed by atoms with Crippen molar-refractivity contribution in [2.24, 2.45) is 0 Å². The van der Waals surface area contributed by atoms with E-state index in [0.717, 1.165) is 27.5 Å². The standard InChI is InChI=1S/C16H8BrF4N7O2/c17-9-3-12-27(6-11(29)24-10-2-1-7(18)4-22-10)13-8(14(30)28(12)26-9)5-23-15(25-13)16(19,20)21/h1-5H,6H2,(H,22,24,29). The number of pyridine rings is 1. The van der Waals surface area contributed by atoms with Crippen LogP contribution in [0.2, 0.25) is 0 Å². The van der Waals surface area contributed by atoms with Gasteiger partial charge in [0.15, 0.2) is 5.65 Å². The summed E-state index contributed by atoms with van der Waals surface area (Å²) in [6, 6.07) is 3.64. The number of aromatic nitrogens is 6. The summed E-state index contributed by atoms with van der Waals surface area (Å²) in [4.78, 5) is 35.4. The van der Waals surface area contributed by atoms with Gasteiger partial charge in [0.05, 0.1) is 6.20 Å². The minimum Gasteiger partial charge on any atom is -0.309 e. The summed E-state index contributed by atoms with van der Waals surface area (Å²) in [6.07, 6.45) is -3.24. The number of anilines is 1. The van der Waals surface area contributed by atoms with E-state index in [1.54, 1.807) is 0 Å². The van der Waals surface area contributed by atoms with Crippen LogP contribution >= 0.6 is 15.9 Å². The normalized spacial score (nSPS) is 11.9. The van der Waals surface area contributed by atoms with Gasteiger partial charge < -0.3 is 9.88 Å². The van der Waals surface area contributed by atoms with Gasteiger partial charge in [-0.15, -0.1) is 0 Å². The summed E-state index contributed by atoms with van der Waals surface area (Å²) in [7, 11) is 0. The maximum atomic E-state index is 13.1. The van der Waals surface area contributed by atoms with E-state index in [1.807, 2.05) is 0 Å². The average Bonchev–Trinajstić information content (AvgIpc) is 3.07. The number of nitrogens with zero attached hydrogens (tertiary/aromatic N) is 6. The molecule has 4 aromatic heterocycles. The molecular formula is C16H8BrF4N7O2. The highest BCUT2D eigenvalue weighted by atomic mass is 79.9. The number of nitrogens with one attached hydrogen (secondary N) is 1. The highest BCUT2D eigenvalue weighted by molar-refractivity contribution is 9.10. The van der Waals surface area contributed by atoms with E-state index in [9.17, 15) is 27.2 Å². The second-order valence-corrected chi connectivity index (χ2v) is 6.78. The fraction of sp³-hybridized carbons (Fsp3) is 0.125. The predicted octanol–water partition coefficient (Wildman–Crippen LogP) is 2.39. The fourth-order valence-corrected chi connectivity index (χ4v) is 3.07. The van der Waals surface area contributed by atoms with Crippen molar-refractivity contribution in [2.45, 2.75) is 12.7 Å². The molecule has 0 spiro atoms. The largest absolute Gasteiger partial charge is 0.451 e. The van der Waals surface area contributed by atoms with E-state index < -0.39 is 41.5 Å². The second kappa shape index (κ2) is 7.12. The Bertz CT molecular complexity index is 1350. The van der Waals surface area contributed by atoms with E-state index in [0.29, 0.717) is 0 Å². The van der Waals surface area contributed by atoms with Crippen LogP contribution in [0.25, 0.3) is 16.7 Å². The molecule has 14 heteroatoms. The summed E-state index contributed by atoms with van der Waals surface area (Å²) in [5.74, 6) is -2.75. The number of rotatable bonds is 3. The van der Waals surface area contributed by atoms with Crippen molar-refractivity contribution < 1.29 is 22.4 Å². The van der Waals surface area contributed by atoms with Crippen LogP contribution in [0.3, 0.4) is 0 Å². The van der Waals surface area contributed by atoms with Crippen molar-refractivity contribution in [1.82, 2.24) is 29.1 Å². The molecule has 0 aliphatic heterocycles. The third-order valence-corrected chi connectivity index (χ3v) is 4.32. The molecule has 0 saturated heterocycles. The Kier molecular flexibility index (Phi) is 4.72. The summed E-state index contributed by atoms with van der Waals surface area (Å²) in [5.41, 5.74) is -1.13. The topological polar surface area (TPSA) is 107 Å². The number of hydrogen-bond donors (Lipinski definition) is 1. The molecule has 0 radical (unpaired) electrons. The Morgan fingerprint density at radius 3 is 2.63 bits per heavy atom. The maximum absolute atomic E-state index is 13.1. The fourth-order valence-electron chi connectivity index (χ4n) is 2.71. The molecule has 1 amide bonds. The second-order valence-electron chi connectivity index (χ2n) is 5.97. The minimum absolute atomic E-state index is 0.0217. The zero-order valence-electron chi connectivity index (χ0n) is 14.5. The van der Waals surface area contributed by atoms with Gasteiger partial charge in [-0.1, -0.05) is 0 Å².